The van der Waals surface area contributed by atoms with Crippen molar-refractivity contribution in [3.8, 4) is 5.88 Å². The van der Waals surface area contributed by atoms with E-state index in [2.05, 4.69) is 25.5 Å². The number of amidine groups is 1. The largest absolute Gasteiger partial charge is 0.479 e. The number of aromatic amines is 1. The first-order chi connectivity index (χ1) is 12.5. The molecule has 0 aliphatic rings. The summed E-state index contributed by atoms with van der Waals surface area (Å²) in [7, 11) is 1.53. The molecular formula is C18H20ClN5O2. The molecule has 3 rings (SSSR count). The van der Waals surface area contributed by atoms with E-state index in [-0.39, 0.29) is 6.61 Å². The summed E-state index contributed by atoms with van der Waals surface area (Å²) in [6.45, 7) is 4.14. The highest BCUT2D eigenvalue weighted by Crippen LogP contribution is 2.27. The molecule has 0 radical (unpaired) electrons. The van der Waals surface area contributed by atoms with Crippen LogP contribution in [0.3, 0.4) is 0 Å². The first kappa shape index (κ1) is 18.2. The summed E-state index contributed by atoms with van der Waals surface area (Å²) < 4.78 is 5.19. The minimum Gasteiger partial charge on any atom is -0.479 e. The highest BCUT2D eigenvalue weighted by Gasteiger charge is 2.14. The zero-order chi connectivity index (χ0) is 18.7. The second kappa shape index (κ2) is 7.72. The highest BCUT2D eigenvalue weighted by atomic mass is 35.5. The number of pyridine rings is 1. The van der Waals surface area contributed by atoms with E-state index < -0.39 is 0 Å². The summed E-state index contributed by atoms with van der Waals surface area (Å²) in [6, 6.07) is 7.65. The predicted molar refractivity (Wildman–Crippen MR) is 103 cm³/mol. The van der Waals surface area contributed by atoms with E-state index in [9.17, 15) is 5.11 Å². The lowest BCUT2D eigenvalue weighted by Gasteiger charge is -2.08. The molecule has 8 heteroatoms. The molecule has 0 bridgehead atoms. The molecule has 0 aliphatic heterocycles. The van der Waals surface area contributed by atoms with Gasteiger partial charge in [-0.1, -0.05) is 23.7 Å². The summed E-state index contributed by atoms with van der Waals surface area (Å²) in [4.78, 5) is 8.95. The van der Waals surface area contributed by atoms with Crippen molar-refractivity contribution in [2.24, 2.45) is 4.99 Å². The van der Waals surface area contributed by atoms with Gasteiger partial charge in [-0.05, 0) is 31.0 Å². The Balaban J connectivity index is 1.80. The molecule has 1 aromatic carbocycles. The van der Waals surface area contributed by atoms with Gasteiger partial charge in [-0.3, -0.25) is 10.1 Å². The van der Waals surface area contributed by atoms with E-state index in [4.69, 9.17) is 16.3 Å². The van der Waals surface area contributed by atoms with Gasteiger partial charge in [0.05, 0.1) is 42.7 Å². The van der Waals surface area contributed by atoms with Crippen molar-refractivity contribution < 1.29 is 9.84 Å². The summed E-state index contributed by atoms with van der Waals surface area (Å²) in [5.41, 5.74) is 3.31. The Kier molecular flexibility index (Phi) is 5.39. The number of hydrogen-bond donors (Lipinski definition) is 3. The number of aliphatic hydroxyl groups is 1. The highest BCUT2D eigenvalue weighted by molar-refractivity contribution is 6.31. The number of benzene rings is 1. The standard InChI is InChI=1S/C18H20ClN5O2/c1-10-6-12(4-5-13(10)19)8-20-11(2)21-16-7-14-17(15(9-25)22-16)18(26-3)24-23-14/h4-7,25H,8-9H2,1-3H3,(H,23,24)(H,20,21,22). The first-order valence-electron chi connectivity index (χ1n) is 8.07. The number of H-pyrrole nitrogens is 1. The molecule has 7 nitrogen and oxygen atoms in total. The van der Waals surface area contributed by atoms with Crippen LogP contribution in [-0.4, -0.2) is 33.2 Å². The van der Waals surface area contributed by atoms with Crippen molar-refractivity contribution in [2.45, 2.75) is 27.0 Å². The number of aryl methyl sites for hydroxylation is 1. The van der Waals surface area contributed by atoms with E-state index in [0.717, 1.165) is 21.7 Å². The van der Waals surface area contributed by atoms with Gasteiger partial charge < -0.3 is 15.2 Å². The molecule has 0 spiro atoms. The van der Waals surface area contributed by atoms with Crippen LogP contribution in [0.25, 0.3) is 10.9 Å². The monoisotopic (exact) mass is 373 g/mol. The summed E-state index contributed by atoms with van der Waals surface area (Å²) >= 11 is 6.05. The van der Waals surface area contributed by atoms with Crippen LogP contribution < -0.4 is 10.1 Å². The number of nitrogens with zero attached hydrogens (tertiary/aromatic N) is 3. The minimum absolute atomic E-state index is 0.220. The lowest BCUT2D eigenvalue weighted by atomic mass is 10.1. The third-order valence-corrected chi connectivity index (χ3v) is 4.38. The van der Waals surface area contributed by atoms with Gasteiger partial charge in [0.25, 0.3) is 0 Å². The van der Waals surface area contributed by atoms with Crippen LogP contribution >= 0.6 is 11.6 Å². The maximum atomic E-state index is 9.60. The number of aliphatic hydroxyl groups excluding tert-OH is 1. The fourth-order valence-electron chi connectivity index (χ4n) is 2.66. The fourth-order valence-corrected chi connectivity index (χ4v) is 2.78. The Morgan fingerprint density at radius 2 is 2.19 bits per heavy atom. The van der Waals surface area contributed by atoms with E-state index in [1.54, 1.807) is 6.07 Å². The zero-order valence-electron chi connectivity index (χ0n) is 14.8. The Morgan fingerprint density at radius 1 is 1.38 bits per heavy atom. The van der Waals surface area contributed by atoms with Crippen molar-refractivity contribution in [2.75, 3.05) is 12.4 Å². The normalized spacial score (nSPS) is 11.8. The average molecular weight is 374 g/mol. The third-order valence-electron chi connectivity index (χ3n) is 3.96. The fraction of sp³-hybridized carbons (Fsp3) is 0.278. The van der Waals surface area contributed by atoms with Crippen molar-refractivity contribution in [3.05, 3.63) is 46.1 Å². The van der Waals surface area contributed by atoms with E-state index in [1.807, 2.05) is 32.0 Å². The zero-order valence-corrected chi connectivity index (χ0v) is 15.6. The molecule has 2 aromatic heterocycles. The SMILES string of the molecule is COc1n[nH]c2cc(NC(C)=NCc3ccc(Cl)c(C)c3)nc(CO)c12. The smallest absolute Gasteiger partial charge is 0.242 e. The molecule has 136 valence electrons. The number of aliphatic imine (C=N–C) groups is 1. The number of anilines is 1. The molecule has 0 saturated carbocycles. The summed E-state index contributed by atoms with van der Waals surface area (Å²) in [5, 5.41) is 21.1. The molecule has 0 amide bonds. The number of fused-ring (bicyclic) bond motifs is 1. The molecule has 0 fully saturated rings. The van der Waals surface area contributed by atoms with Gasteiger partial charge in [-0.15, -0.1) is 5.10 Å². The number of methoxy groups -OCH3 is 1. The Labute approximate surface area is 156 Å². The van der Waals surface area contributed by atoms with Crippen molar-refractivity contribution >= 4 is 34.2 Å². The summed E-state index contributed by atoms with van der Waals surface area (Å²) in [5.74, 6) is 1.69. The molecule has 0 saturated heterocycles. The van der Waals surface area contributed by atoms with Gasteiger partial charge in [-0.25, -0.2) is 4.98 Å². The number of halogens is 1. The second-order valence-corrected chi connectivity index (χ2v) is 6.29. The van der Waals surface area contributed by atoms with Crippen molar-refractivity contribution in [1.82, 2.24) is 15.2 Å². The van der Waals surface area contributed by atoms with Crippen LogP contribution in [0, 0.1) is 6.92 Å². The van der Waals surface area contributed by atoms with Crippen LogP contribution in [0.5, 0.6) is 5.88 Å². The van der Waals surface area contributed by atoms with Gasteiger partial charge in [0.2, 0.25) is 5.88 Å². The first-order valence-corrected chi connectivity index (χ1v) is 8.45. The minimum atomic E-state index is -0.220. The van der Waals surface area contributed by atoms with Crippen molar-refractivity contribution in [3.63, 3.8) is 0 Å². The van der Waals surface area contributed by atoms with Gasteiger partial charge in [0.1, 0.15) is 5.82 Å². The van der Waals surface area contributed by atoms with Crippen LogP contribution in [-0.2, 0) is 13.2 Å². The molecule has 2 heterocycles. The molecule has 0 aliphatic carbocycles. The average Bonchev–Trinajstić information content (AvgIpc) is 3.05. The van der Waals surface area contributed by atoms with Crippen LogP contribution in [0.15, 0.2) is 29.3 Å². The van der Waals surface area contributed by atoms with Gasteiger partial charge in [-0.2, -0.15) is 0 Å². The Hall–Kier alpha value is -2.64. The molecule has 0 unspecified atom stereocenters. The third kappa shape index (κ3) is 3.79. The second-order valence-electron chi connectivity index (χ2n) is 5.88. The van der Waals surface area contributed by atoms with Crippen LogP contribution in [0.4, 0.5) is 5.82 Å². The number of nitrogens with one attached hydrogen (secondary N) is 2. The molecule has 3 N–H and O–H groups in total. The topological polar surface area (TPSA) is 95.4 Å². The lowest BCUT2D eigenvalue weighted by Crippen LogP contribution is -2.10. The van der Waals surface area contributed by atoms with Gasteiger partial charge in [0, 0.05) is 11.1 Å². The summed E-state index contributed by atoms with van der Waals surface area (Å²) in [6.07, 6.45) is 0. The van der Waals surface area contributed by atoms with Crippen LogP contribution in [0.2, 0.25) is 5.02 Å². The molecule has 3 aromatic rings. The predicted octanol–water partition coefficient (Wildman–Crippen LogP) is 3.45. The number of rotatable bonds is 5. The number of ether oxygens (including phenoxy) is 1. The Bertz CT molecular complexity index is 968. The lowest BCUT2D eigenvalue weighted by molar-refractivity contribution is 0.278. The Morgan fingerprint density at radius 3 is 2.88 bits per heavy atom. The van der Waals surface area contributed by atoms with E-state index >= 15 is 0 Å². The van der Waals surface area contributed by atoms with E-state index in [1.165, 1.54) is 7.11 Å². The molecule has 26 heavy (non-hydrogen) atoms. The van der Waals surface area contributed by atoms with Crippen LogP contribution in [0.1, 0.15) is 23.7 Å². The maximum absolute atomic E-state index is 9.60. The van der Waals surface area contributed by atoms with E-state index in [0.29, 0.717) is 35.2 Å². The molecule has 0 atom stereocenters. The van der Waals surface area contributed by atoms with Gasteiger partial charge in [0.15, 0.2) is 0 Å². The molecular weight excluding hydrogens is 354 g/mol. The number of hydrogen-bond acceptors (Lipinski definition) is 5. The van der Waals surface area contributed by atoms with Crippen molar-refractivity contribution in [1.29, 1.82) is 0 Å². The quantitative estimate of drug-likeness (QED) is 0.470. The van der Waals surface area contributed by atoms with Gasteiger partial charge >= 0.3 is 0 Å². The maximum Gasteiger partial charge on any atom is 0.242 e. The number of aromatic nitrogens is 3.